The summed E-state index contributed by atoms with van der Waals surface area (Å²) in [4.78, 5) is 2.39. The summed E-state index contributed by atoms with van der Waals surface area (Å²) < 4.78 is 15.7. The molecule has 11 rings (SSSR count). The molecule has 0 amide bonds. The molecule has 244 valence electrons. The topological polar surface area (TPSA) is 29.5 Å². The normalized spacial score (nSPS) is 11.8. The summed E-state index contributed by atoms with van der Waals surface area (Å²) in [6, 6.07) is 62.4. The molecular formula is C48H29NO2S. The highest BCUT2D eigenvalue weighted by atomic mass is 32.1. The Hall–Kier alpha value is -6.62. The van der Waals surface area contributed by atoms with E-state index < -0.39 is 0 Å². The van der Waals surface area contributed by atoms with E-state index in [1.165, 1.54) is 32.2 Å². The third-order valence-electron chi connectivity index (χ3n) is 10.3. The fraction of sp³-hybridized carbons (Fsp3) is 0. The quantitative estimate of drug-likeness (QED) is 0.181. The molecular weight excluding hydrogens is 655 g/mol. The lowest BCUT2D eigenvalue weighted by Gasteiger charge is -2.27. The van der Waals surface area contributed by atoms with E-state index in [-0.39, 0.29) is 0 Å². The number of furan rings is 2. The number of rotatable bonds is 5. The van der Waals surface area contributed by atoms with Crippen LogP contribution in [0, 0.1) is 0 Å². The van der Waals surface area contributed by atoms with Crippen molar-refractivity contribution in [1.29, 1.82) is 0 Å². The first-order valence-corrected chi connectivity index (χ1v) is 18.3. The second kappa shape index (κ2) is 11.5. The van der Waals surface area contributed by atoms with Gasteiger partial charge in [-0.15, -0.1) is 11.3 Å². The van der Waals surface area contributed by atoms with Crippen LogP contribution in [0.1, 0.15) is 0 Å². The number of hydrogen-bond donors (Lipinski definition) is 0. The number of nitrogens with zero attached hydrogens (tertiary/aromatic N) is 1. The molecule has 0 aliphatic carbocycles. The largest absolute Gasteiger partial charge is 0.456 e. The van der Waals surface area contributed by atoms with Crippen LogP contribution in [-0.4, -0.2) is 0 Å². The number of para-hydroxylation sites is 1. The van der Waals surface area contributed by atoms with Gasteiger partial charge in [-0.25, -0.2) is 0 Å². The molecule has 8 aromatic carbocycles. The highest BCUT2D eigenvalue weighted by Gasteiger charge is 2.24. The van der Waals surface area contributed by atoms with Crippen molar-refractivity contribution in [3.8, 4) is 22.3 Å². The highest BCUT2D eigenvalue weighted by molar-refractivity contribution is 7.26. The van der Waals surface area contributed by atoms with Gasteiger partial charge in [0.05, 0.1) is 10.4 Å². The average molecular weight is 684 g/mol. The molecule has 0 bridgehead atoms. The highest BCUT2D eigenvalue weighted by Crippen LogP contribution is 2.50. The average Bonchev–Trinajstić information content (AvgIpc) is 3.90. The van der Waals surface area contributed by atoms with Gasteiger partial charge in [-0.05, 0) is 76.9 Å². The Morgan fingerprint density at radius 1 is 0.385 bits per heavy atom. The van der Waals surface area contributed by atoms with Crippen LogP contribution in [-0.2, 0) is 0 Å². The molecule has 11 aromatic rings. The van der Waals surface area contributed by atoms with E-state index in [1.54, 1.807) is 11.3 Å². The van der Waals surface area contributed by atoms with Crippen LogP contribution >= 0.6 is 11.3 Å². The molecule has 0 N–H and O–H groups in total. The maximum Gasteiger partial charge on any atom is 0.153 e. The van der Waals surface area contributed by atoms with Gasteiger partial charge in [0.15, 0.2) is 5.58 Å². The molecule has 0 aliphatic rings. The van der Waals surface area contributed by atoms with Gasteiger partial charge < -0.3 is 13.7 Å². The molecule has 3 heterocycles. The third-order valence-corrected chi connectivity index (χ3v) is 11.4. The Morgan fingerprint density at radius 2 is 0.962 bits per heavy atom. The summed E-state index contributed by atoms with van der Waals surface area (Å²) in [6.07, 6.45) is 0. The molecule has 0 atom stereocenters. The van der Waals surface area contributed by atoms with Crippen LogP contribution < -0.4 is 4.90 Å². The molecule has 4 heteroatoms. The van der Waals surface area contributed by atoms with Crippen LogP contribution in [0.3, 0.4) is 0 Å². The maximum absolute atomic E-state index is 6.67. The molecule has 0 fully saturated rings. The van der Waals surface area contributed by atoms with Crippen molar-refractivity contribution >= 4 is 92.4 Å². The monoisotopic (exact) mass is 683 g/mol. The van der Waals surface area contributed by atoms with Gasteiger partial charge in [0.25, 0.3) is 0 Å². The van der Waals surface area contributed by atoms with Gasteiger partial charge in [0, 0.05) is 54.5 Å². The standard InChI is InChI=1S/C48H29NO2S/c1-3-11-30(12-4-1)32-19-22-34(23-20-32)49(35-24-26-38-37-25-21-33(31-13-5-2-6-14-31)27-43(37)50-44(38)28-35)41-29-40-36-15-7-9-17-42(36)51-47(40)48-46(41)39-16-8-10-18-45(39)52-48/h1-29H. The molecule has 0 aliphatic heterocycles. The first kappa shape index (κ1) is 29.1. The lowest BCUT2D eigenvalue weighted by molar-refractivity contribution is 0.669. The summed E-state index contributed by atoms with van der Waals surface area (Å²) in [7, 11) is 0. The summed E-state index contributed by atoms with van der Waals surface area (Å²) in [5.41, 5.74) is 11.4. The van der Waals surface area contributed by atoms with E-state index >= 15 is 0 Å². The predicted octanol–water partition coefficient (Wildman–Crippen LogP) is 14.7. The fourth-order valence-corrected chi connectivity index (χ4v) is 9.01. The summed E-state index contributed by atoms with van der Waals surface area (Å²) >= 11 is 1.79. The molecule has 0 spiro atoms. The molecule has 3 nitrogen and oxygen atoms in total. The first-order chi connectivity index (χ1) is 25.8. The van der Waals surface area contributed by atoms with Crippen molar-refractivity contribution in [3.63, 3.8) is 0 Å². The van der Waals surface area contributed by atoms with E-state index in [2.05, 4.69) is 169 Å². The zero-order valence-electron chi connectivity index (χ0n) is 27.9. The van der Waals surface area contributed by atoms with E-state index in [1.807, 2.05) is 12.1 Å². The summed E-state index contributed by atoms with van der Waals surface area (Å²) in [6.45, 7) is 0. The second-order valence-electron chi connectivity index (χ2n) is 13.3. The smallest absolute Gasteiger partial charge is 0.153 e. The van der Waals surface area contributed by atoms with E-state index in [4.69, 9.17) is 8.83 Å². The van der Waals surface area contributed by atoms with Crippen molar-refractivity contribution in [3.05, 3.63) is 176 Å². The molecule has 52 heavy (non-hydrogen) atoms. The van der Waals surface area contributed by atoms with Crippen molar-refractivity contribution in [2.75, 3.05) is 4.90 Å². The zero-order valence-corrected chi connectivity index (χ0v) is 28.7. The van der Waals surface area contributed by atoms with Gasteiger partial charge in [-0.2, -0.15) is 0 Å². The molecule has 0 radical (unpaired) electrons. The van der Waals surface area contributed by atoms with E-state index in [0.717, 1.165) is 71.2 Å². The molecule has 0 saturated carbocycles. The van der Waals surface area contributed by atoms with Gasteiger partial charge in [0.1, 0.15) is 16.7 Å². The van der Waals surface area contributed by atoms with Gasteiger partial charge >= 0.3 is 0 Å². The van der Waals surface area contributed by atoms with E-state index in [0.29, 0.717) is 0 Å². The lowest BCUT2D eigenvalue weighted by Crippen LogP contribution is -2.10. The van der Waals surface area contributed by atoms with Crippen molar-refractivity contribution < 1.29 is 8.83 Å². The Kier molecular flexibility index (Phi) is 6.42. The minimum Gasteiger partial charge on any atom is -0.456 e. The first-order valence-electron chi connectivity index (χ1n) is 17.5. The second-order valence-corrected chi connectivity index (χ2v) is 14.3. The lowest BCUT2D eigenvalue weighted by atomic mass is 10.0. The third kappa shape index (κ3) is 4.51. The van der Waals surface area contributed by atoms with Crippen LogP contribution in [0.5, 0.6) is 0 Å². The maximum atomic E-state index is 6.67. The van der Waals surface area contributed by atoms with Crippen molar-refractivity contribution in [1.82, 2.24) is 0 Å². The minimum atomic E-state index is 0.852. The van der Waals surface area contributed by atoms with Gasteiger partial charge in [-0.1, -0.05) is 115 Å². The summed E-state index contributed by atoms with van der Waals surface area (Å²) in [5.74, 6) is 0. The number of anilines is 3. The van der Waals surface area contributed by atoms with Crippen LogP contribution in [0.25, 0.3) is 86.3 Å². The van der Waals surface area contributed by atoms with Crippen molar-refractivity contribution in [2.45, 2.75) is 0 Å². The summed E-state index contributed by atoms with van der Waals surface area (Å²) in [5, 5.41) is 6.81. The Bertz CT molecular complexity index is 3120. The van der Waals surface area contributed by atoms with Crippen LogP contribution in [0.4, 0.5) is 17.1 Å². The SMILES string of the molecule is c1ccc(-c2ccc(N(c3ccc4c(c3)oc3cc(-c5ccccc5)ccc34)c3cc4c5ccccc5oc4c4sc5ccccc5c34)cc2)cc1. The number of fused-ring (bicyclic) bond motifs is 10. The van der Waals surface area contributed by atoms with Crippen LogP contribution in [0.2, 0.25) is 0 Å². The molecule has 3 aromatic heterocycles. The molecule has 0 saturated heterocycles. The molecule has 0 unspecified atom stereocenters. The van der Waals surface area contributed by atoms with Gasteiger partial charge in [-0.3, -0.25) is 0 Å². The number of thiophene rings is 1. The Balaban J connectivity index is 1.18. The van der Waals surface area contributed by atoms with E-state index in [9.17, 15) is 0 Å². The Labute approximate surface area is 303 Å². The van der Waals surface area contributed by atoms with Gasteiger partial charge in [0.2, 0.25) is 0 Å². The fourth-order valence-electron chi connectivity index (χ4n) is 7.80. The number of hydrogen-bond acceptors (Lipinski definition) is 4. The Morgan fingerprint density at radius 3 is 1.75 bits per heavy atom. The minimum absolute atomic E-state index is 0.852. The zero-order chi connectivity index (χ0) is 34.2. The van der Waals surface area contributed by atoms with Crippen LogP contribution in [0.15, 0.2) is 185 Å². The number of benzene rings is 8. The predicted molar refractivity (Wildman–Crippen MR) is 219 cm³/mol. The van der Waals surface area contributed by atoms with Crippen molar-refractivity contribution in [2.24, 2.45) is 0 Å².